The Kier molecular flexibility index (Phi) is 4.88. The zero-order valence-corrected chi connectivity index (χ0v) is 20.1. The van der Waals surface area contributed by atoms with E-state index in [-0.39, 0.29) is 22.2 Å². The van der Waals surface area contributed by atoms with E-state index in [1.165, 1.54) is 23.3 Å². The summed E-state index contributed by atoms with van der Waals surface area (Å²) in [5.41, 5.74) is 4.43. The van der Waals surface area contributed by atoms with Crippen LogP contribution in [0.2, 0.25) is 0 Å². The molecule has 0 amide bonds. The maximum Gasteiger partial charge on any atom is 0.123 e. The number of benzene rings is 2. The molecule has 176 valence electrons. The number of aromatic nitrogens is 2. The first-order valence-corrected chi connectivity index (χ1v) is 12.2. The minimum absolute atomic E-state index is 0.0146. The lowest BCUT2D eigenvalue weighted by atomic mass is 9.65. The number of methoxy groups -OCH3 is 1. The number of hydrogen-bond acceptors (Lipinski definition) is 3. The summed E-state index contributed by atoms with van der Waals surface area (Å²) in [6.45, 7) is 6.57. The lowest BCUT2D eigenvalue weighted by Gasteiger charge is -2.46. The molecule has 0 radical (unpaired) electrons. The van der Waals surface area contributed by atoms with Crippen LogP contribution in [0.3, 0.4) is 0 Å². The molecule has 1 N–H and O–H groups in total. The van der Waals surface area contributed by atoms with Crippen LogP contribution in [0.4, 0.5) is 4.39 Å². The first kappa shape index (κ1) is 21.8. The summed E-state index contributed by atoms with van der Waals surface area (Å²) in [5.74, 6) is 0.282. The van der Waals surface area contributed by atoms with Crippen molar-refractivity contribution >= 4 is 10.9 Å². The van der Waals surface area contributed by atoms with Gasteiger partial charge in [0.2, 0.25) is 0 Å². The average Bonchev–Trinajstić information content (AvgIpc) is 3.51. The standard InChI is InChI=1S/C29H32FN3O/c1-20-13-26-21(16-32-33(26)24-9-7-23(30)8-10-24)14-25(20)28-18-29(34-3,15-22(28)17-31-19-28)27(2)11-5-4-6-12-27/h4-11,13-14,16,22,31H,12,15,17-19H2,1-3H3/t22-,27?,28-,29-/m1/s1. The fourth-order valence-electron chi connectivity index (χ4n) is 7.07. The van der Waals surface area contributed by atoms with E-state index in [1.54, 1.807) is 12.1 Å². The van der Waals surface area contributed by atoms with Crippen molar-refractivity contribution in [2.45, 2.75) is 44.1 Å². The third-order valence-corrected chi connectivity index (χ3v) is 9.00. The molecule has 3 aromatic rings. The summed E-state index contributed by atoms with van der Waals surface area (Å²) in [7, 11) is 1.91. The highest BCUT2D eigenvalue weighted by Crippen LogP contribution is 2.61. The number of nitrogens with zero attached hydrogens (tertiary/aromatic N) is 2. The Bertz CT molecular complexity index is 1310. The van der Waals surface area contributed by atoms with Crippen molar-refractivity contribution in [3.8, 4) is 5.69 Å². The van der Waals surface area contributed by atoms with Gasteiger partial charge in [-0.25, -0.2) is 9.07 Å². The maximum atomic E-state index is 13.5. The van der Waals surface area contributed by atoms with Crippen molar-refractivity contribution in [1.29, 1.82) is 0 Å². The van der Waals surface area contributed by atoms with Gasteiger partial charge in [0.1, 0.15) is 5.82 Å². The second kappa shape index (κ2) is 7.62. The highest BCUT2D eigenvalue weighted by atomic mass is 19.1. The Morgan fingerprint density at radius 2 is 2.00 bits per heavy atom. The second-order valence-corrected chi connectivity index (χ2v) is 10.7. The van der Waals surface area contributed by atoms with E-state index in [0.717, 1.165) is 48.9 Å². The maximum absolute atomic E-state index is 13.5. The molecule has 4 nitrogen and oxygen atoms in total. The summed E-state index contributed by atoms with van der Waals surface area (Å²) >= 11 is 0. The molecule has 34 heavy (non-hydrogen) atoms. The molecule has 1 aromatic heterocycles. The van der Waals surface area contributed by atoms with Gasteiger partial charge in [-0.05, 0) is 86.2 Å². The first-order valence-electron chi connectivity index (χ1n) is 12.2. The Hall–Kier alpha value is -2.76. The molecular weight excluding hydrogens is 425 g/mol. The number of hydrogen-bond donors (Lipinski definition) is 1. The lowest BCUT2D eigenvalue weighted by molar-refractivity contribution is -0.0866. The van der Waals surface area contributed by atoms with Crippen molar-refractivity contribution in [3.05, 3.63) is 83.8 Å². The number of rotatable bonds is 4. The topological polar surface area (TPSA) is 39.1 Å². The molecule has 2 aromatic carbocycles. The van der Waals surface area contributed by atoms with Gasteiger partial charge >= 0.3 is 0 Å². The molecule has 6 rings (SSSR count). The predicted octanol–water partition coefficient (Wildman–Crippen LogP) is 5.63. The third kappa shape index (κ3) is 2.99. The summed E-state index contributed by atoms with van der Waals surface area (Å²) in [5, 5.41) is 9.48. The summed E-state index contributed by atoms with van der Waals surface area (Å²) in [6, 6.07) is 11.1. The lowest BCUT2D eigenvalue weighted by Crippen LogP contribution is -2.48. The van der Waals surface area contributed by atoms with Gasteiger partial charge in [-0.3, -0.25) is 0 Å². The fourth-order valence-corrected chi connectivity index (χ4v) is 7.07. The number of aryl methyl sites for hydroxylation is 1. The van der Waals surface area contributed by atoms with Gasteiger partial charge in [0.15, 0.2) is 0 Å². The van der Waals surface area contributed by atoms with Crippen LogP contribution in [0.5, 0.6) is 0 Å². The van der Waals surface area contributed by atoms with Crippen LogP contribution in [0.25, 0.3) is 16.6 Å². The Morgan fingerprint density at radius 1 is 1.18 bits per heavy atom. The van der Waals surface area contributed by atoms with Gasteiger partial charge in [-0.2, -0.15) is 5.10 Å². The molecule has 4 atom stereocenters. The predicted molar refractivity (Wildman–Crippen MR) is 134 cm³/mol. The Labute approximate surface area is 200 Å². The van der Waals surface area contributed by atoms with E-state index in [4.69, 9.17) is 4.74 Å². The van der Waals surface area contributed by atoms with Gasteiger partial charge in [0.05, 0.1) is 23.0 Å². The van der Waals surface area contributed by atoms with E-state index < -0.39 is 0 Å². The van der Waals surface area contributed by atoms with E-state index in [9.17, 15) is 4.39 Å². The highest BCUT2D eigenvalue weighted by molar-refractivity contribution is 5.82. The van der Waals surface area contributed by atoms with Crippen molar-refractivity contribution in [3.63, 3.8) is 0 Å². The first-order chi connectivity index (χ1) is 16.4. The highest BCUT2D eigenvalue weighted by Gasteiger charge is 2.63. The third-order valence-electron chi connectivity index (χ3n) is 9.00. The molecule has 2 heterocycles. The smallest absolute Gasteiger partial charge is 0.123 e. The molecular formula is C29H32FN3O. The summed E-state index contributed by atoms with van der Waals surface area (Å²) in [6.07, 6.45) is 14.0. The van der Waals surface area contributed by atoms with Crippen LogP contribution in [0.15, 0.2) is 66.9 Å². The normalized spacial score (nSPS) is 32.5. The average molecular weight is 458 g/mol. The second-order valence-electron chi connectivity index (χ2n) is 10.7. The van der Waals surface area contributed by atoms with Gasteiger partial charge in [0.25, 0.3) is 0 Å². The van der Waals surface area contributed by atoms with E-state index in [0.29, 0.717) is 5.92 Å². The van der Waals surface area contributed by atoms with Crippen LogP contribution >= 0.6 is 0 Å². The van der Waals surface area contributed by atoms with Crippen LogP contribution in [-0.4, -0.2) is 35.6 Å². The molecule has 1 aliphatic heterocycles. The molecule has 1 saturated carbocycles. The van der Waals surface area contributed by atoms with E-state index in [1.807, 2.05) is 18.0 Å². The summed E-state index contributed by atoms with van der Waals surface area (Å²) < 4.78 is 21.8. The molecule has 2 fully saturated rings. The summed E-state index contributed by atoms with van der Waals surface area (Å²) in [4.78, 5) is 0. The molecule has 0 spiro atoms. The molecule has 5 heteroatoms. The zero-order chi connectivity index (χ0) is 23.6. The van der Waals surface area contributed by atoms with Crippen molar-refractivity contribution in [2.75, 3.05) is 20.2 Å². The number of nitrogens with one attached hydrogen (secondary N) is 1. The van der Waals surface area contributed by atoms with Crippen LogP contribution in [0, 0.1) is 24.1 Å². The van der Waals surface area contributed by atoms with E-state index >= 15 is 0 Å². The Morgan fingerprint density at radius 3 is 2.74 bits per heavy atom. The zero-order valence-electron chi connectivity index (χ0n) is 20.1. The number of fused-ring (bicyclic) bond motifs is 2. The quantitative estimate of drug-likeness (QED) is 0.552. The fraction of sp³-hybridized carbons (Fsp3) is 0.414. The van der Waals surface area contributed by atoms with Crippen LogP contribution in [-0.2, 0) is 10.2 Å². The Balaban J connectivity index is 1.44. The molecule has 2 aliphatic carbocycles. The van der Waals surface area contributed by atoms with Crippen LogP contribution in [0.1, 0.15) is 37.3 Å². The number of allylic oxidation sites excluding steroid dienone is 3. The van der Waals surface area contributed by atoms with Crippen LogP contribution < -0.4 is 5.32 Å². The van der Waals surface area contributed by atoms with Gasteiger partial charge in [-0.15, -0.1) is 0 Å². The minimum atomic E-state index is -0.239. The van der Waals surface area contributed by atoms with Gasteiger partial charge < -0.3 is 10.1 Å². The number of ether oxygens (including phenoxy) is 1. The minimum Gasteiger partial charge on any atom is -0.377 e. The largest absolute Gasteiger partial charge is 0.377 e. The van der Waals surface area contributed by atoms with E-state index in [2.05, 4.69) is 60.7 Å². The molecule has 3 aliphatic rings. The van der Waals surface area contributed by atoms with Gasteiger partial charge in [-0.1, -0.05) is 31.2 Å². The van der Waals surface area contributed by atoms with Gasteiger partial charge in [0, 0.05) is 29.9 Å². The molecule has 1 unspecified atom stereocenters. The van der Waals surface area contributed by atoms with Crippen molar-refractivity contribution < 1.29 is 9.13 Å². The van der Waals surface area contributed by atoms with Crippen molar-refractivity contribution in [2.24, 2.45) is 11.3 Å². The number of halogens is 1. The SMILES string of the molecule is CO[C@]1(C2(C)C=CC=CC2)C[C@@H]2CNC[C@]2(c2cc3cnn(-c4ccc(F)cc4)c3cc2C)C1. The molecule has 1 saturated heterocycles. The monoisotopic (exact) mass is 457 g/mol. The molecule has 0 bridgehead atoms. The van der Waals surface area contributed by atoms with Crippen molar-refractivity contribution in [1.82, 2.24) is 15.1 Å².